The van der Waals surface area contributed by atoms with Gasteiger partial charge in [-0.15, -0.1) is 0 Å². The fraction of sp³-hybridized carbons (Fsp3) is 0.188. The number of aromatic nitrogens is 4. The summed E-state index contributed by atoms with van der Waals surface area (Å²) < 4.78 is 29.2. The molecule has 0 amide bonds. The molecule has 0 atom stereocenters. The first-order valence-electron chi connectivity index (χ1n) is 7.34. The molecule has 2 aromatic heterocycles. The minimum Gasteiger partial charge on any atom is -0.258 e. The van der Waals surface area contributed by atoms with Gasteiger partial charge in [0.2, 0.25) is 10.0 Å². The molecule has 0 aliphatic carbocycles. The molecule has 0 aliphatic rings. The number of hydrogen-bond donors (Lipinski definition) is 1. The van der Waals surface area contributed by atoms with Crippen LogP contribution in [-0.4, -0.2) is 28.2 Å². The second-order valence-electron chi connectivity index (χ2n) is 5.32. The minimum atomic E-state index is -3.69. The van der Waals surface area contributed by atoms with Gasteiger partial charge < -0.3 is 0 Å². The maximum absolute atomic E-state index is 12.5. The summed E-state index contributed by atoms with van der Waals surface area (Å²) in [6.45, 7) is 3.62. The third-order valence-electron chi connectivity index (χ3n) is 3.53. The Labute approximate surface area is 140 Å². The summed E-state index contributed by atoms with van der Waals surface area (Å²) in [5.41, 5.74) is 2.68. The summed E-state index contributed by atoms with van der Waals surface area (Å²) >= 11 is 0. The quantitative estimate of drug-likeness (QED) is 0.762. The van der Waals surface area contributed by atoms with E-state index in [1.54, 1.807) is 24.0 Å². The Hall–Kier alpha value is -2.58. The van der Waals surface area contributed by atoms with Crippen LogP contribution in [0.25, 0.3) is 5.69 Å². The number of nitrogens with one attached hydrogen (secondary N) is 1. The Bertz CT molecular complexity index is 934. The van der Waals surface area contributed by atoms with E-state index in [9.17, 15) is 8.42 Å². The molecule has 3 aromatic rings. The molecule has 2 heterocycles. The Balaban J connectivity index is 1.83. The van der Waals surface area contributed by atoms with Crippen molar-refractivity contribution < 1.29 is 8.42 Å². The lowest BCUT2D eigenvalue weighted by atomic mass is 10.3. The first-order valence-corrected chi connectivity index (χ1v) is 8.83. The van der Waals surface area contributed by atoms with Gasteiger partial charge in [-0.05, 0) is 26.0 Å². The highest BCUT2D eigenvalue weighted by molar-refractivity contribution is 7.89. The number of sulfonamides is 1. The van der Waals surface area contributed by atoms with Crippen LogP contribution in [-0.2, 0) is 16.6 Å². The third-order valence-corrected chi connectivity index (χ3v) is 5.04. The van der Waals surface area contributed by atoms with Gasteiger partial charge >= 0.3 is 0 Å². The Morgan fingerprint density at radius 3 is 2.46 bits per heavy atom. The van der Waals surface area contributed by atoms with Crippen molar-refractivity contribution in [2.45, 2.75) is 25.3 Å². The van der Waals surface area contributed by atoms with Crippen LogP contribution in [0.15, 0.2) is 53.8 Å². The molecule has 7 nitrogen and oxygen atoms in total. The van der Waals surface area contributed by atoms with Gasteiger partial charge in [0.25, 0.3) is 0 Å². The van der Waals surface area contributed by atoms with Crippen LogP contribution in [0.5, 0.6) is 0 Å². The highest BCUT2D eigenvalue weighted by atomic mass is 32.2. The van der Waals surface area contributed by atoms with Crippen molar-refractivity contribution in [1.29, 1.82) is 0 Å². The molecule has 1 aromatic carbocycles. The summed E-state index contributed by atoms with van der Waals surface area (Å²) in [5.74, 6) is 0. The maximum atomic E-state index is 12.5. The second kappa shape index (κ2) is 6.50. The summed E-state index contributed by atoms with van der Waals surface area (Å²) in [7, 11) is -3.69. The van der Waals surface area contributed by atoms with E-state index in [1.165, 1.54) is 6.20 Å². The van der Waals surface area contributed by atoms with Gasteiger partial charge in [-0.2, -0.15) is 5.10 Å². The van der Waals surface area contributed by atoms with Crippen molar-refractivity contribution in [3.05, 3.63) is 66.0 Å². The van der Waals surface area contributed by atoms with Crippen LogP contribution in [0.4, 0.5) is 0 Å². The highest BCUT2D eigenvalue weighted by Gasteiger charge is 2.21. The van der Waals surface area contributed by atoms with Crippen molar-refractivity contribution in [3.8, 4) is 5.69 Å². The van der Waals surface area contributed by atoms with Crippen molar-refractivity contribution in [1.82, 2.24) is 24.5 Å². The minimum absolute atomic E-state index is 0.0750. The monoisotopic (exact) mass is 343 g/mol. The average Bonchev–Trinajstić information content (AvgIpc) is 2.98. The van der Waals surface area contributed by atoms with E-state index in [1.807, 2.05) is 37.3 Å². The Morgan fingerprint density at radius 1 is 1.04 bits per heavy atom. The van der Waals surface area contributed by atoms with Gasteiger partial charge in [0, 0.05) is 6.20 Å². The first-order chi connectivity index (χ1) is 11.5. The maximum Gasteiger partial charge on any atom is 0.244 e. The summed E-state index contributed by atoms with van der Waals surface area (Å²) in [4.78, 5) is 8.38. The molecular formula is C16H17N5O2S. The normalized spacial score (nSPS) is 11.6. The van der Waals surface area contributed by atoms with E-state index < -0.39 is 10.0 Å². The molecule has 124 valence electrons. The van der Waals surface area contributed by atoms with E-state index in [4.69, 9.17) is 0 Å². The summed E-state index contributed by atoms with van der Waals surface area (Å²) in [6.07, 6.45) is 4.51. The van der Waals surface area contributed by atoms with Gasteiger partial charge in [0.1, 0.15) is 4.90 Å². The van der Waals surface area contributed by atoms with Gasteiger partial charge in [0.15, 0.2) is 0 Å². The van der Waals surface area contributed by atoms with E-state index >= 15 is 0 Å². The number of nitrogens with zero attached hydrogens (tertiary/aromatic N) is 4. The molecule has 0 unspecified atom stereocenters. The lowest BCUT2D eigenvalue weighted by Gasteiger charge is -2.07. The second-order valence-corrected chi connectivity index (χ2v) is 7.05. The van der Waals surface area contributed by atoms with Gasteiger partial charge in [0.05, 0.1) is 41.7 Å². The van der Waals surface area contributed by atoms with Crippen LogP contribution >= 0.6 is 0 Å². The topological polar surface area (TPSA) is 89.8 Å². The fourth-order valence-electron chi connectivity index (χ4n) is 2.25. The van der Waals surface area contributed by atoms with Gasteiger partial charge in [-0.3, -0.25) is 9.97 Å². The highest BCUT2D eigenvalue weighted by Crippen LogP contribution is 2.18. The molecule has 0 saturated heterocycles. The van der Waals surface area contributed by atoms with E-state index in [0.29, 0.717) is 11.4 Å². The van der Waals surface area contributed by atoms with E-state index in [0.717, 1.165) is 11.4 Å². The Kier molecular flexibility index (Phi) is 4.41. The summed E-state index contributed by atoms with van der Waals surface area (Å²) in [6, 6.07) is 9.37. The average molecular weight is 343 g/mol. The van der Waals surface area contributed by atoms with Crippen LogP contribution in [0, 0.1) is 13.8 Å². The van der Waals surface area contributed by atoms with Crippen molar-refractivity contribution in [3.63, 3.8) is 0 Å². The zero-order valence-corrected chi connectivity index (χ0v) is 14.2. The standard InChI is InChI=1S/C16H17N5O2S/c1-12-8-18-14(9-17-12)10-20-24(22,23)16-11-19-21(13(16)2)15-6-4-3-5-7-15/h3-9,11,20H,10H2,1-2H3. The number of para-hydroxylation sites is 1. The predicted molar refractivity (Wildman–Crippen MR) is 89.1 cm³/mol. The smallest absolute Gasteiger partial charge is 0.244 e. The largest absolute Gasteiger partial charge is 0.258 e. The molecule has 1 N–H and O–H groups in total. The number of benzene rings is 1. The lowest BCUT2D eigenvalue weighted by Crippen LogP contribution is -2.24. The predicted octanol–water partition coefficient (Wildman–Crippen LogP) is 1.76. The molecule has 0 bridgehead atoms. The SMILES string of the molecule is Cc1cnc(CNS(=O)(=O)c2cnn(-c3ccccc3)c2C)cn1. The van der Waals surface area contributed by atoms with Gasteiger partial charge in [-0.1, -0.05) is 18.2 Å². The van der Waals surface area contributed by atoms with Crippen LogP contribution < -0.4 is 4.72 Å². The molecular weight excluding hydrogens is 326 g/mol. The molecule has 0 spiro atoms. The zero-order chi connectivity index (χ0) is 17.2. The van der Waals surface area contributed by atoms with Crippen LogP contribution in [0.3, 0.4) is 0 Å². The van der Waals surface area contributed by atoms with Crippen molar-refractivity contribution >= 4 is 10.0 Å². The van der Waals surface area contributed by atoms with Crippen LogP contribution in [0.2, 0.25) is 0 Å². The molecule has 0 saturated carbocycles. The number of rotatable bonds is 5. The zero-order valence-electron chi connectivity index (χ0n) is 13.3. The van der Waals surface area contributed by atoms with Crippen molar-refractivity contribution in [2.75, 3.05) is 0 Å². The van der Waals surface area contributed by atoms with E-state index in [2.05, 4.69) is 19.8 Å². The summed E-state index contributed by atoms with van der Waals surface area (Å²) in [5, 5.41) is 4.19. The molecule has 0 fully saturated rings. The molecule has 0 aliphatic heterocycles. The lowest BCUT2D eigenvalue weighted by molar-refractivity contribution is 0.579. The van der Waals surface area contributed by atoms with Crippen LogP contribution in [0.1, 0.15) is 17.1 Å². The number of hydrogen-bond acceptors (Lipinski definition) is 5. The van der Waals surface area contributed by atoms with Gasteiger partial charge in [-0.25, -0.2) is 17.8 Å². The molecule has 8 heteroatoms. The fourth-order valence-corrected chi connectivity index (χ4v) is 3.40. The first kappa shape index (κ1) is 16.3. The Morgan fingerprint density at radius 2 is 1.79 bits per heavy atom. The molecule has 3 rings (SSSR count). The van der Waals surface area contributed by atoms with E-state index in [-0.39, 0.29) is 11.4 Å². The number of aryl methyl sites for hydroxylation is 1. The third kappa shape index (κ3) is 3.34. The van der Waals surface area contributed by atoms with Crippen molar-refractivity contribution in [2.24, 2.45) is 0 Å². The molecule has 0 radical (unpaired) electrons. The molecule has 24 heavy (non-hydrogen) atoms.